The molecular formula is C12H14O. The van der Waals surface area contributed by atoms with Gasteiger partial charge in [0.15, 0.2) is 5.43 Å². The van der Waals surface area contributed by atoms with Gasteiger partial charge in [-0.05, 0) is 36.6 Å². The Kier molecular flexibility index (Phi) is 3.44. The highest BCUT2D eigenvalue weighted by Crippen LogP contribution is 2.01. The average Bonchev–Trinajstić information content (AvgIpc) is 2.26. The predicted octanol–water partition coefficient (Wildman–Crippen LogP) is 2.78. The van der Waals surface area contributed by atoms with Crippen LogP contribution in [-0.2, 0) is 0 Å². The van der Waals surface area contributed by atoms with Crippen LogP contribution < -0.4 is 5.43 Å². The molecule has 1 rings (SSSR count). The van der Waals surface area contributed by atoms with E-state index >= 15 is 0 Å². The second kappa shape index (κ2) is 4.61. The smallest absolute Gasteiger partial charge is 0.181 e. The van der Waals surface area contributed by atoms with Crippen LogP contribution in [0.1, 0.15) is 24.5 Å². The topological polar surface area (TPSA) is 17.1 Å². The zero-order valence-corrected chi connectivity index (χ0v) is 8.08. The van der Waals surface area contributed by atoms with E-state index in [0.29, 0.717) is 0 Å². The number of rotatable bonds is 2. The lowest BCUT2D eigenvalue weighted by Gasteiger charge is -1.86. The monoisotopic (exact) mass is 174 g/mol. The van der Waals surface area contributed by atoms with Gasteiger partial charge in [-0.3, -0.25) is 4.79 Å². The molecule has 68 valence electrons. The highest BCUT2D eigenvalue weighted by atomic mass is 16.1. The first-order valence-corrected chi connectivity index (χ1v) is 4.51. The van der Waals surface area contributed by atoms with E-state index in [0.717, 1.165) is 17.5 Å². The second-order valence-corrected chi connectivity index (χ2v) is 3.03. The van der Waals surface area contributed by atoms with E-state index in [1.54, 1.807) is 12.1 Å². The lowest BCUT2D eigenvalue weighted by molar-refractivity contribution is 1.23. The van der Waals surface area contributed by atoms with Crippen LogP contribution in [0.3, 0.4) is 0 Å². The van der Waals surface area contributed by atoms with Crippen molar-refractivity contribution in [3.05, 3.63) is 51.7 Å². The Hall–Kier alpha value is -1.37. The molecule has 0 aliphatic heterocycles. The van der Waals surface area contributed by atoms with Crippen LogP contribution in [0.4, 0.5) is 0 Å². The third-order valence-corrected chi connectivity index (χ3v) is 1.85. The van der Waals surface area contributed by atoms with E-state index in [9.17, 15) is 4.79 Å². The van der Waals surface area contributed by atoms with E-state index in [2.05, 4.69) is 13.0 Å². The molecule has 0 amide bonds. The molecule has 0 bridgehead atoms. The largest absolute Gasteiger partial charge is 0.290 e. The zero-order valence-electron chi connectivity index (χ0n) is 8.08. The minimum absolute atomic E-state index is 0.0937. The van der Waals surface area contributed by atoms with Crippen molar-refractivity contribution in [1.82, 2.24) is 0 Å². The molecule has 0 heterocycles. The predicted molar refractivity (Wildman–Crippen MR) is 56.8 cm³/mol. The summed E-state index contributed by atoms with van der Waals surface area (Å²) < 4.78 is 0. The molecule has 0 radical (unpaired) electrons. The molecule has 0 atom stereocenters. The SMILES string of the molecule is CC/C=C\c1cccc(=O)c(C)c1. The van der Waals surface area contributed by atoms with Crippen LogP contribution in [0.15, 0.2) is 35.1 Å². The maximum atomic E-state index is 11.2. The highest BCUT2D eigenvalue weighted by Gasteiger charge is 1.89. The Morgan fingerprint density at radius 2 is 2.15 bits per heavy atom. The van der Waals surface area contributed by atoms with Crippen LogP contribution >= 0.6 is 0 Å². The zero-order chi connectivity index (χ0) is 9.68. The lowest BCUT2D eigenvalue weighted by Crippen LogP contribution is -1.96. The summed E-state index contributed by atoms with van der Waals surface area (Å²) in [5.74, 6) is 0. The molecule has 1 heteroatoms. The number of hydrogen-bond donors (Lipinski definition) is 0. The van der Waals surface area contributed by atoms with Crippen molar-refractivity contribution in [3.63, 3.8) is 0 Å². The van der Waals surface area contributed by atoms with Gasteiger partial charge in [0.2, 0.25) is 0 Å². The van der Waals surface area contributed by atoms with Gasteiger partial charge in [0, 0.05) is 0 Å². The van der Waals surface area contributed by atoms with Gasteiger partial charge in [-0.2, -0.15) is 0 Å². The standard InChI is InChI=1S/C12H14O/c1-3-4-6-11-7-5-8-12(13)10(2)9-11/h4-9H,3H2,1-2H3/b6-4-. The summed E-state index contributed by atoms with van der Waals surface area (Å²) in [7, 11) is 0. The molecule has 0 spiro atoms. The molecule has 13 heavy (non-hydrogen) atoms. The number of allylic oxidation sites excluding steroid dienone is 1. The third kappa shape index (κ3) is 2.86. The van der Waals surface area contributed by atoms with Gasteiger partial charge in [0.05, 0.1) is 0 Å². The van der Waals surface area contributed by atoms with Crippen molar-refractivity contribution >= 4 is 6.08 Å². The minimum atomic E-state index is 0.0937. The molecule has 1 aromatic rings. The second-order valence-electron chi connectivity index (χ2n) is 3.03. The van der Waals surface area contributed by atoms with Gasteiger partial charge in [0.1, 0.15) is 0 Å². The quantitative estimate of drug-likeness (QED) is 0.673. The average molecular weight is 174 g/mol. The molecular weight excluding hydrogens is 160 g/mol. The van der Waals surface area contributed by atoms with Crippen molar-refractivity contribution in [2.75, 3.05) is 0 Å². The Balaban J connectivity index is 3.13. The minimum Gasteiger partial charge on any atom is -0.290 e. The molecule has 0 aliphatic rings. The Labute approximate surface area is 78.7 Å². The summed E-state index contributed by atoms with van der Waals surface area (Å²) in [6, 6.07) is 7.25. The normalized spacial score (nSPS) is 10.6. The van der Waals surface area contributed by atoms with Crippen molar-refractivity contribution in [2.24, 2.45) is 0 Å². The number of aryl methyl sites for hydroxylation is 1. The lowest BCUT2D eigenvalue weighted by atomic mass is 10.2. The first-order valence-electron chi connectivity index (χ1n) is 4.51. The van der Waals surface area contributed by atoms with E-state index < -0.39 is 0 Å². The van der Waals surface area contributed by atoms with Crippen molar-refractivity contribution in [1.29, 1.82) is 0 Å². The molecule has 1 nitrogen and oxygen atoms in total. The summed E-state index contributed by atoms with van der Waals surface area (Å²) in [5, 5.41) is 0. The van der Waals surface area contributed by atoms with Crippen molar-refractivity contribution < 1.29 is 0 Å². The summed E-state index contributed by atoms with van der Waals surface area (Å²) in [6.07, 6.45) is 5.13. The molecule has 0 aliphatic carbocycles. The van der Waals surface area contributed by atoms with E-state index in [4.69, 9.17) is 0 Å². The molecule has 0 aromatic heterocycles. The summed E-state index contributed by atoms with van der Waals surface area (Å²) in [4.78, 5) is 11.2. The molecule has 0 saturated heterocycles. The van der Waals surface area contributed by atoms with Crippen LogP contribution in [0, 0.1) is 6.92 Å². The third-order valence-electron chi connectivity index (χ3n) is 1.85. The van der Waals surface area contributed by atoms with Gasteiger partial charge >= 0.3 is 0 Å². The van der Waals surface area contributed by atoms with Gasteiger partial charge < -0.3 is 0 Å². The molecule has 0 saturated carbocycles. The van der Waals surface area contributed by atoms with E-state index in [1.165, 1.54) is 0 Å². The van der Waals surface area contributed by atoms with Crippen LogP contribution in [0.2, 0.25) is 0 Å². The first-order chi connectivity index (χ1) is 6.24. The molecule has 1 aromatic carbocycles. The van der Waals surface area contributed by atoms with Crippen LogP contribution in [0.5, 0.6) is 0 Å². The van der Waals surface area contributed by atoms with E-state index in [1.807, 2.05) is 25.1 Å². The number of hydrogen-bond acceptors (Lipinski definition) is 1. The summed E-state index contributed by atoms with van der Waals surface area (Å²) >= 11 is 0. The Bertz CT molecular complexity index is 364. The molecule has 0 fully saturated rings. The van der Waals surface area contributed by atoms with E-state index in [-0.39, 0.29) is 5.43 Å². The molecule has 0 unspecified atom stereocenters. The van der Waals surface area contributed by atoms with Gasteiger partial charge in [0.25, 0.3) is 0 Å². The fourth-order valence-electron chi connectivity index (χ4n) is 1.10. The Morgan fingerprint density at radius 3 is 2.85 bits per heavy atom. The fourth-order valence-corrected chi connectivity index (χ4v) is 1.10. The van der Waals surface area contributed by atoms with Crippen molar-refractivity contribution in [2.45, 2.75) is 20.3 Å². The maximum Gasteiger partial charge on any atom is 0.181 e. The summed E-state index contributed by atoms with van der Waals surface area (Å²) in [5.41, 5.74) is 1.97. The van der Waals surface area contributed by atoms with Gasteiger partial charge in [-0.15, -0.1) is 0 Å². The van der Waals surface area contributed by atoms with Crippen molar-refractivity contribution in [3.8, 4) is 0 Å². The first kappa shape index (κ1) is 9.72. The van der Waals surface area contributed by atoms with Crippen LogP contribution in [-0.4, -0.2) is 0 Å². The van der Waals surface area contributed by atoms with Gasteiger partial charge in [-0.1, -0.05) is 31.2 Å². The highest BCUT2D eigenvalue weighted by molar-refractivity contribution is 5.49. The van der Waals surface area contributed by atoms with Gasteiger partial charge in [-0.25, -0.2) is 0 Å². The molecule has 0 N–H and O–H groups in total. The fraction of sp³-hybridized carbons (Fsp3) is 0.250. The Morgan fingerprint density at radius 1 is 1.38 bits per heavy atom. The van der Waals surface area contributed by atoms with Crippen LogP contribution in [0.25, 0.3) is 6.08 Å². The maximum absolute atomic E-state index is 11.2. The summed E-state index contributed by atoms with van der Waals surface area (Å²) in [6.45, 7) is 3.93.